The highest BCUT2D eigenvalue weighted by molar-refractivity contribution is 6.69. The molecule has 0 aliphatic carbocycles. The summed E-state index contributed by atoms with van der Waals surface area (Å²) in [6, 6.07) is -0.613. The van der Waals surface area contributed by atoms with Gasteiger partial charge in [-0.1, -0.05) is 5.16 Å². The highest BCUT2D eigenvalue weighted by Crippen LogP contribution is 2.01. The molecule has 0 aromatic heterocycles. The van der Waals surface area contributed by atoms with Gasteiger partial charge in [0.1, 0.15) is 7.11 Å². The van der Waals surface area contributed by atoms with E-state index in [9.17, 15) is 9.59 Å². The molecule has 0 aromatic rings. The van der Waals surface area contributed by atoms with Crippen LogP contribution in [-0.2, 0) is 9.63 Å². The number of carbonyl (C=O) groups excluding carboxylic acids is 2. The molecule has 0 aromatic carbocycles. The van der Waals surface area contributed by atoms with Crippen molar-refractivity contribution in [3.63, 3.8) is 0 Å². The molecule has 1 aliphatic heterocycles. The number of amides is 3. The van der Waals surface area contributed by atoms with Gasteiger partial charge in [0.2, 0.25) is 5.71 Å². The standard InChI is InChI=1S/C7H10N4O3/c1-3-11-5(8)4(10-14-2)6(12)9-7(11)13/h8H,3H2,1-2H3,(H,9,12,13). The first kappa shape index (κ1) is 10.2. The predicted molar refractivity (Wildman–Crippen MR) is 48.1 cm³/mol. The van der Waals surface area contributed by atoms with Crippen LogP contribution in [0.5, 0.6) is 0 Å². The Bertz CT molecular complexity index is 323. The molecule has 0 saturated carbocycles. The second-order valence-corrected chi connectivity index (χ2v) is 2.47. The van der Waals surface area contributed by atoms with Crippen LogP contribution in [0.3, 0.4) is 0 Å². The van der Waals surface area contributed by atoms with E-state index in [0.29, 0.717) is 6.54 Å². The molecule has 0 spiro atoms. The average molecular weight is 198 g/mol. The SMILES string of the molecule is CCN1C(=N)C(=NOC)C(=O)NC1=O. The van der Waals surface area contributed by atoms with E-state index in [0.717, 1.165) is 4.90 Å². The average Bonchev–Trinajstić information content (AvgIpc) is 2.12. The van der Waals surface area contributed by atoms with Gasteiger partial charge in [-0.15, -0.1) is 0 Å². The third-order valence-corrected chi connectivity index (χ3v) is 1.67. The second kappa shape index (κ2) is 3.86. The number of imide groups is 1. The number of oxime groups is 1. The van der Waals surface area contributed by atoms with Gasteiger partial charge in [0.05, 0.1) is 0 Å². The number of nitrogens with one attached hydrogen (secondary N) is 2. The summed E-state index contributed by atoms with van der Waals surface area (Å²) >= 11 is 0. The van der Waals surface area contributed by atoms with Crippen molar-refractivity contribution in [2.45, 2.75) is 6.92 Å². The van der Waals surface area contributed by atoms with Gasteiger partial charge in [0.15, 0.2) is 5.84 Å². The lowest BCUT2D eigenvalue weighted by Crippen LogP contribution is -2.58. The van der Waals surface area contributed by atoms with Crippen molar-refractivity contribution in [1.82, 2.24) is 10.2 Å². The van der Waals surface area contributed by atoms with Crippen molar-refractivity contribution in [3.8, 4) is 0 Å². The van der Waals surface area contributed by atoms with E-state index < -0.39 is 11.9 Å². The van der Waals surface area contributed by atoms with Crippen LogP contribution in [0.25, 0.3) is 0 Å². The van der Waals surface area contributed by atoms with Crippen LogP contribution in [0.1, 0.15) is 6.92 Å². The van der Waals surface area contributed by atoms with E-state index in [1.165, 1.54) is 7.11 Å². The smallest absolute Gasteiger partial charge is 0.330 e. The number of urea groups is 1. The molecule has 2 N–H and O–H groups in total. The van der Waals surface area contributed by atoms with Gasteiger partial charge in [-0.3, -0.25) is 20.4 Å². The molecule has 1 saturated heterocycles. The maximum Gasteiger partial charge on any atom is 0.330 e. The van der Waals surface area contributed by atoms with E-state index in [2.05, 4.69) is 9.99 Å². The Kier molecular flexibility index (Phi) is 2.80. The minimum atomic E-state index is -0.716. The Morgan fingerprint density at radius 1 is 1.57 bits per heavy atom. The third kappa shape index (κ3) is 1.56. The van der Waals surface area contributed by atoms with Gasteiger partial charge in [-0.05, 0) is 6.92 Å². The normalized spacial score (nSPS) is 20.0. The zero-order chi connectivity index (χ0) is 10.7. The molecule has 1 rings (SSSR count). The lowest BCUT2D eigenvalue weighted by Gasteiger charge is -2.25. The highest BCUT2D eigenvalue weighted by Gasteiger charge is 2.33. The van der Waals surface area contributed by atoms with Crippen LogP contribution < -0.4 is 5.32 Å². The summed E-state index contributed by atoms with van der Waals surface area (Å²) in [6.07, 6.45) is 0. The van der Waals surface area contributed by atoms with Gasteiger partial charge in [-0.25, -0.2) is 4.79 Å². The van der Waals surface area contributed by atoms with E-state index in [-0.39, 0.29) is 11.5 Å². The van der Waals surface area contributed by atoms with E-state index in [1.54, 1.807) is 6.92 Å². The minimum Gasteiger partial charge on any atom is -0.398 e. The fourth-order valence-electron chi connectivity index (χ4n) is 1.04. The monoisotopic (exact) mass is 198 g/mol. The summed E-state index contributed by atoms with van der Waals surface area (Å²) in [7, 11) is 1.26. The molecule has 0 radical (unpaired) electrons. The number of rotatable bonds is 2. The summed E-state index contributed by atoms with van der Waals surface area (Å²) in [5.41, 5.74) is -0.200. The molecule has 7 nitrogen and oxygen atoms in total. The summed E-state index contributed by atoms with van der Waals surface area (Å²) in [5.74, 6) is -0.963. The van der Waals surface area contributed by atoms with Crippen molar-refractivity contribution >= 4 is 23.5 Å². The molecule has 3 amide bonds. The summed E-state index contributed by atoms with van der Waals surface area (Å²) < 4.78 is 0. The number of carbonyl (C=O) groups is 2. The van der Waals surface area contributed by atoms with Gasteiger partial charge in [0.25, 0.3) is 5.91 Å². The molecule has 14 heavy (non-hydrogen) atoms. The Morgan fingerprint density at radius 3 is 2.71 bits per heavy atom. The van der Waals surface area contributed by atoms with E-state index in [4.69, 9.17) is 5.41 Å². The molecule has 76 valence electrons. The topological polar surface area (TPSA) is 94.8 Å². The highest BCUT2D eigenvalue weighted by atomic mass is 16.6. The van der Waals surface area contributed by atoms with Gasteiger partial charge >= 0.3 is 6.03 Å². The molecule has 0 unspecified atom stereocenters. The van der Waals surface area contributed by atoms with Gasteiger partial charge in [-0.2, -0.15) is 0 Å². The zero-order valence-electron chi connectivity index (χ0n) is 7.83. The summed E-state index contributed by atoms with van der Waals surface area (Å²) in [5, 5.41) is 12.9. The van der Waals surface area contributed by atoms with Crippen LogP contribution in [-0.4, -0.2) is 42.0 Å². The third-order valence-electron chi connectivity index (χ3n) is 1.67. The zero-order valence-corrected chi connectivity index (χ0v) is 7.83. The molecular formula is C7H10N4O3. The molecule has 0 bridgehead atoms. The lowest BCUT2D eigenvalue weighted by molar-refractivity contribution is -0.114. The van der Waals surface area contributed by atoms with Crippen molar-refractivity contribution in [2.75, 3.05) is 13.7 Å². The molecule has 1 heterocycles. The molecule has 1 fully saturated rings. The fourth-order valence-corrected chi connectivity index (χ4v) is 1.04. The maximum atomic E-state index is 11.2. The molecule has 0 atom stereocenters. The first-order chi connectivity index (χ1) is 6.61. The van der Waals surface area contributed by atoms with Crippen molar-refractivity contribution in [2.24, 2.45) is 5.16 Å². The van der Waals surface area contributed by atoms with Crippen LogP contribution in [0.15, 0.2) is 5.16 Å². The van der Waals surface area contributed by atoms with Crippen molar-refractivity contribution in [1.29, 1.82) is 5.41 Å². The molecule has 7 heteroatoms. The van der Waals surface area contributed by atoms with Crippen molar-refractivity contribution < 1.29 is 14.4 Å². The van der Waals surface area contributed by atoms with Crippen LogP contribution >= 0.6 is 0 Å². The quantitative estimate of drug-likeness (QED) is 0.587. The number of hydrogen-bond acceptors (Lipinski definition) is 5. The predicted octanol–water partition coefficient (Wildman–Crippen LogP) is -0.462. The van der Waals surface area contributed by atoms with Crippen LogP contribution in [0.2, 0.25) is 0 Å². The summed E-state index contributed by atoms with van der Waals surface area (Å²) in [6.45, 7) is 1.98. The fraction of sp³-hybridized carbons (Fsp3) is 0.429. The Balaban J connectivity index is 3.00. The van der Waals surface area contributed by atoms with Crippen LogP contribution in [0, 0.1) is 5.41 Å². The first-order valence-corrected chi connectivity index (χ1v) is 3.94. The molecule has 1 aliphatic rings. The first-order valence-electron chi connectivity index (χ1n) is 3.94. The Hall–Kier alpha value is -1.92. The lowest BCUT2D eigenvalue weighted by atomic mass is 10.2. The van der Waals surface area contributed by atoms with Crippen LogP contribution in [0.4, 0.5) is 4.79 Å². The number of nitrogens with zero attached hydrogens (tertiary/aromatic N) is 2. The van der Waals surface area contributed by atoms with Crippen molar-refractivity contribution in [3.05, 3.63) is 0 Å². The Morgan fingerprint density at radius 2 is 2.21 bits per heavy atom. The van der Waals surface area contributed by atoms with E-state index >= 15 is 0 Å². The number of amidine groups is 1. The Labute approximate surface area is 80.2 Å². The summed E-state index contributed by atoms with van der Waals surface area (Å²) in [4.78, 5) is 27.8. The maximum absolute atomic E-state index is 11.2. The van der Waals surface area contributed by atoms with Gasteiger partial charge < -0.3 is 4.84 Å². The molecular weight excluding hydrogens is 188 g/mol. The van der Waals surface area contributed by atoms with E-state index in [1.807, 2.05) is 5.32 Å². The van der Waals surface area contributed by atoms with Gasteiger partial charge in [0, 0.05) is 6.54 Å². The largest absolute Gasteiger partial charge is 0.398 e. The minimum absolute atomic E-state index is 0.200. The second-order valence-electron chi connectivity index (χ2n) is 2.47. The number of hydrogen-bond donors (Lipinski definition) is 2.